The first-order valence-electron chi connectivity index (χ1n) is 16.7. The molecule has 2 aliphatic carbocycles. The molecular weight excluding hydrogens is 492 g/mol. The summed E-state index contributed by atoms with van der Waals surface area (Å²) in [5.74, 6) is 0.833. The lowest BCUT2D eigenvalue weighted by molar-refractivity contribution is 0.253. The Hall–Kier alpha value is -2.34. The van der Waals surface area contributed by atoms with E-state index in [0.29, 0.717) is 5.41 Å². The Kier molecular flexibility index (Phi) is 9.93. The summed E-state index contributed by atoms with van der Waals surface area (Å²) >= 11 is 0. The average Bonchev–Trinajstić information content (AvgIpc) is 2.92. The van der Waals surface area contributed by atoms with Crippen LogP contribution in [0.5, 0.6) is 0 Å². The Morgan fingerprint density at radius 3 is 1.59 bits per heavy atom. The molecule has 0 N–H and O–H groups in total. The van der Waals surface area contributed by atoms with Gasteiger partial charge in [-0.1, -0.05) is 154 Å². The standard InChI is InChI=1S/C41H58/c1-10-12-24-40(6,7)35-19-14-31(15-20-35)33-18-23-37(38(28-33)34-26-30(27-34)29-39(3,4)5)32-16-21-36(22-17-32)41(8,9)25-13-11-2/h14-23,30H,10-13,24-29H2,1-9H3. The molecule has 0 aromatic heterocycles. The first kappa shape index (κ1) is 31.6. The molecule has 222 valence electrons. The van der Waals surface area contributed by atoms with E-state index in [1.807, 2.05) is 0 Å². The monoisotopic (exact) mass is 550 g/mol. The van der Waals surface area contributed by atoms with Crippen molar-refractivity contribution >= 4 is 11.1 Å². The van der Waals surface area contributed by atoms with Gasteiger partial charge >= 0.3 is 0 Å². The average molecular weight is 551 g/mol. The third-order valence-electron chi connectivity index (χ3n) is 9.87. The molecule has 0 atom stereocenters. The van der Waals surface area contributed by atoms with Crippen LogP contribution in [0.25, 0.3) is 11.1 Å². The van der Waals surface area contributed by atoms with Gasteiger partial charge < -0.3 is 0 Å². The van der Waals surface area contributed by atoms with Crippen molar-refractivity contribution in [3.05, 3.63) is 94.1 Å². The van der Waals surface area contributed by atoms with Crippen molar-refractivity contribution in [3.8, 4) is 0 Å². The number of allylic oxidation sites excluding steroid dienone is 6. The van der Waals surface area contributed by atoms with Gasteiger partial charge in [0.15, 0.2) is 0 Å². The Labute approximate surface area is 253 Å². The van der Waals surface area contributed by atoms with Gasteiger partial charge in [-0.05, 0) is 99.7 Å². The minimum absolute atomic E-state index is 0.231. The number of rotatable bonds is 11. The predicted octanol–water partition coefficient (Wildman–Crippen LogP) is 12.6. The molecular formula is C41H58. The van der Waals surface area contributed by atoms with Gasteiger partial charge in [0.2, 0.25) is 0 Å². The molecule has 0 amide bonds. The lowest BCUT2D eigenvalue weighted by Crippen LogP contribution is -2.23. The molecule has 0 heterocycles. The Morgan fingerprint density at radius 2 is 1.12 bits per heavy atom. The Morgan fingerprint density at radius 1 is 0.634 bits per heavy atom. The summed E-state index contributed by atoms with van der Waals surface area (Å²) in [6, 6.07) is 19.1. The maximum Gasteiger partial charge on any atom is -0.00141 e. The Balaban J connectivity index is 1.63. The SMILES string of the molecule is CCCCC(C)(C)c1ccc(C2=CC=C(c3ccc(C(C)(C)CCCC)cc3)C(=C3CC(CC(C)(C)C)C3)C2)cc1. The van der Waals surface area contributed by atoms with Gasteiger partial charge in [-0.25, -0.2) is 0 Å². The molecule has 0 radical (unpaired) electrons. The van der Waals surface area contributed by atoms with Gasteiger partial charge in [0.1, 0.15) is 0 Å². The van der Waals surface area contributed by atoms with E-state index in [4.69, 9.17) is 0 Å². The van der Waals surface area contributed by atoms with Crippen LogP contribution in [0.3, 0.4) is 0 Å². The summed E-state index contributed by atoms with van der Waals surface area (Å²) in [5.41, 5.74) is 12.8. The molecule has 0 bridgehead atoms. The van der Waals surface area contributed by atoms with Gasteiger partial charge in [-0.15, -0.1) is 0 Å². The maximum atomic E-state index is 2.43. The number of benzene rings is 2. The first-order chi connectivity index (χ1) is 19.3. The van der Waals surface area contributed by atoms with Crippen LogP contribution in [-0.2, 0) is 10.8 Å². The third kappa shape index (κ3) is 7.94. The molecule has 1 saturated carbocycles. The van der Waals surface area contributed by atoms with E-state index in [9.17, 15) is 0 Å². The van der Waals surface area contributed by atoms with Crippen LogP contribution < -0.4 is 0 Å². The molecule has 0 unspecified atom stereocenters. The van der Waals surface area contributed by atoms with Crippen LogP contribution in [0.4, 0.5) is 0 Å². The fourth-order valence-electron chi connectivity index (χ4n) is 7.07. The summed E-state index contributed by atoms with van der Waals surface area (Å²) in [5, 5.41) is 0. The van der Waals surface area contributed by atoms with Crippen molar-refractivity contribution in [2.75, 3.05) is 0 Å². The van der Waals surface area contributed by atoms with E-state index in [2.05, 4.69) is 123 Å². The topological polar surface area (TPSA) is 0 Å². The summed E-state index contributed by atoms with van der Waals surface area (Å²) in [6.45, 7) is 21.4. The molecule has 0 spiro atoms. The van der Waals surface area contributed by atoms with Gasteiger partial charge in [0.05, 0.1) is 0 Å². The van der Waals surface area contributed by atoms with Crippen LogP contribution in [-0.4, -0.2) is 0 Å². The van der Waals surface area contributed by atoms with Crippen LogP contribution in [0.1, 0.15) is 149 Å². The maximum absolute atomic E-state index is 2.43. The highest BCUT2D eigenvalue weighted by Crippen LogP contribution is 2.48. The van der Waals surface area contributed by atoms with Crippen LogP contribution in [0, 0.1) is 11.3 Å². The molecule has 0 saturated heterocycles. The van der Waals surface area contributed by atoms with E-state index in [0.717, 1.165) is 12.3 Å². The Bertz CT molecular complexity index is 1240. The zero-order chi connectivity index (χ0) is 29.8. The quantitative estimate of drug-likeness (QED) is 0.261. The highest BCUT2D eigenvalue weighted by Gasteiger charge is 2.32. The zero-order valence-electron chi connectivity index (χ0n) is 27.9. The fourth-order valence-corrected chi connectivity index (χ4v) is 7.07. The molecule has 1 fully saturated rings. The van der Waals surface area contributed by atoms with Crippen molar-refractivity contribution in [3.63, 3.8) is 0 Å². The van der Waals surface area contributed by atoms with Crippen molar-refractivity contribution in [2.45, 2.75) is 137 Å². The highest BCUT2D eigenvalue weighted by molar-refractivity contribution is 5.89. The summed E-state index contributed by atoms with van der Waals surface area (Å²) in [4.78, 5) is 0. The molecule has 2 aliphatic rings. The molecule has 0 aliphatic heterocycles. The summed E-state index contributed by atoms with van der Waals surface area (Å²) < 4.78 is 0. The normalized spacial score (nSPS) is 18.2. The van der Waals surface area contributed by atoms with Crippen LogP contribution in [0.15, 0.2) is 71.8 Å². The second-order valence-corrected chi connectivity index (χ2v) is 15.7. The highest BCUT2D eigenvalue weighted by atomic mass is 14.4. The lowest BCUT2D eigenvalue weighted by atomic mass is 9.68. The van der Waals surface area contributed by atoms with E-state index in [1.54, 1.807) is 11.1 Å². The second kappa shape index (κ2) is 12.9. The van der Waals surface area contributed by atoms with Gasteiger partial charge in [0.25, 0.3) is 0 Å². The largest absolute Gasteiger partial charge is 0.0655 e. The predicted molar refractivity (Wildman–Crippen MR) is 182 cm³/mol. The first-order valence-corrected chi connectivity index (χ1v) is 16.7. The van der Waals surface area contributed by atoms with Crippen molar-refractivity contribution in [2.24, 2.45) is 11.3 Å². The minimum atomic E-state index is 0.231. The van der Waals surface area contributed by atoms with Crippen molar-refractivity contribution in [1.82, 2.24) is 0 Å². The van der Waals surface area contributed by atoms with Gasteiger partial charge in [-0.2, -0.15) is 0 Å². The van der Waals surface area contributed by atoms with E-state index < -0.39 is 0 Å². The van der Waals surface area contributed by atoms with Crippen LogP contribution in [0.2, 0.25) is 0 Å². The molecule has 41 heavy (non-hydrogen) atoms. The van der Waals surface area contributed by atoms with E-state index in [1.165, 1.54) is 91.2 Å². The van der Waals surface area contributed by atoms with Crippen molar-refractivity contribution < 1.29 is 0 Å². The van der Waals surface area contributed by atoms with Crippen molar-refractivity contribution in [1.29, 1.82) is 0 Å². The minimum Gasteiger partial charge on any atom is -0.0655 e. The zero-order valence-corrected chi connectivity index (χ0v) is 27.9. The van der Waals surface area contributed by atoms with E-state index >= 15 is 0 Å². The molecule has 2 aromatic rings. The van der Waals surface area contributed by atoms with E-state index in [-0.39, 0.29) is 10.8 Å². The fraction of sp³-hybridized carbons (Fsp3) is 0.561. The van der Waals surface area contributed by atoms with Gasteiger partial charge in [0, 0.05) is 0 Å². The number of hydrogen-bond donors (Lipinski definition) is 0. The second-order valence-electron chi connectivity index (χ2n) is 15.7. The van der Waals surface area contributed by atoms with Gasteiger partial charge in [-0.3, -0.25) is 0 Å². The molecule has 0 heteroatoms. The number of unbranched alkanes of at least 4 members (excludes halogenated alkanes) is 2. The smallest absolute Gasteiger partial charge is 0.00141 e. The summed E-state index contributed by atoms with van der Waals surface area (Å²) in [7, 11) is 0. The third-order valence-corrected chi connectivity index (χ3v) is 9.87. The molecule has 2 aromatic carbocycles. The number of hydrogen-bond acceptors (Lipinski definition) is 0. The summed E-state index contributed by atoms with van der Waals surface area (Å²) in [6.07, 6.45) is 17.3. The molecule has 0 nitrogen and oxygen atoms in total. The molecule has 4 rings (SSSR count). The lowest BCUT2D eigenvalue weighted by Gasteiger charge is -2.37. The van der Waals surface area contributed by atoms with Crippen LogP contribution >= 0.6 is 0 Å².